The normalized spacial score (nSPS) is 12.0. The van der Waals surface area contributed by atoms with Crippen LogP contribution in [0.25, 0.3) is 11.1 Å². The standard InChI is InChI=1S/C18H18Cl2O2/c1-2-22-18(21)11-10-16(19)14-8-9-15(17(20)12-14)13-6-4-3-5-7-13/h3-9,12,16H,2,10-11H2,1H3. The van der Waals surface area contributed by atoms with E-state index in [1.807, 2.05) is 48.5 Å². The summed E-state index contributed by atoms with van der Waals surface area (Å²) in [4.78, 5) is 11.4. The van der Waals surface area contributed by atoms with Gasteiger partial charge in [-0.05, 0) is 30.5 Å². The molecule has 1 atom stereocenters. The van der Waals surface area contributed by atoms with E-state index < -0.39 is 0 Å². The van der Waals surface area contributed by atoms with Crippen LogP contribution in [0.2, 0.25) is 5.02 Å². The number of halogens is 2. The molecular formula is C18H18Cl2O2. The molecule has 0 aliphatic heterocycles. The molecule has 22 heavy (non-hydrogen) atoms. The van der Waals surface area contributed by atoms with Gasteiger partial charge in [0.2, 0.25) is 0 Å². The van der Waals surface area contributed by atoms with Crippen molar-refractivity contribution in [2.24, 2.45) is 0 Å². The summed E-state index contributed by atoms with van der Waals surface area (Å²) in [6, 6.07) is 15.7. The second-order valence-electron chi connectivity index (χ2n) is 4.92. The highest BCUT2D eigenvalue weighted by Crippen LogP contribution is 2.33. The van der Waals surface area contributed by atoms with Gasteiger partial charge in [-0.15, -0.1) is 11.6 Å². The Labute approximate surface area is 141 Å². The van der Waals surface area contributed by atoms with Crippen molar-refractivity contribution in [1.29, 1.82) is 0 Å². The number of esters is 1. The molecule has 2 aromatic carbocycles. The van der Waals surface area contributed by atoms with Crippen molar-refractivity contribution < 1.29 is 9.53 Å². The van der Waals surface area contributed by atoms with Crippen molar-refractivity contribution in [3.63, 3.8) is 0 Å². The molecule has 4 heteroatoms. The minimum Gasteiger partial charge on any atom is -0.466 e. The summed E-state index contributed by atoms with van der Waals surface area (Å²) in [5.74, 6) is -0.222. The molecule has 2 rings (SSSR count). The summed E-state index contributed by atoms with van der Waals surface area (Å²) in [5, 5.41) is 0.400. The Morgan fingerprint density at radius 1 is 1.18 bits per heavy atom. The van der Waals surface area contributed by atoms with Gasteiger partial charge >= 0.3 is 5.97 Å². The lowest BCUT2D eigenvalue weighted by atomic mass is 10.0. The molecule has 0 aliphatic rings. The zero-order chi connectivity index (χ0) is 15.9. The van der Waals surface area contributed by atoms with Crippen LogP contribution >= 0.6 is 23.2 Å². The first-order chi connectivity index (χ1) is 10.6. The predicted octanol–water partition coefficient (Wildman–Crippen LogP) is 5.63. The van der Waals surface area contributed by atoms with Gasteiger partial charge in [0.25, 0.3) is 0 Å². The number of carbonyl (C=O) groups excluding carboxylic acids is 1. The summed E-state index contributed by atoms with van der Waals surface area (Å²) in [7, 11) is 0. The highest BCUT2D eigenvalue weighted by Gasteiger charge is 2.13. The third-order valence-corrected chi connectivity index (χ3v) is 4.13. The topological polar surface area (TPSA) is 26.3 Å². The fraction of sp³-hybridized carbons (Fsp3) is 0.278. The van der Waals surface area contributed by atoms with Crippen LogP contribution in [0.1, 0.15) is 30.7 Å². The van der Waals surface area contributed by atoms with Crippen LogP contribution in [-0.4, -0.2) is 12.6 Å². The van der Waals surface area contributed by atoms with Crippen LogP contribution in [0.4, 0.5) is 0 Å². The molecule has 0 saturated heterocycles. The summed E-state index contributed by atoms with van der Waals surface area (Å²) in [6.07, 6.45) is 0.835. The first kappa shape index (κ1) is 16.9. The minimum atomic E-state index is -0.258. The van der Waals surface area contributed by atoms with E-state index in [2.05, 4.69) is 0 Å². The average Bonchev–Trinajstić information content (AvgIpc) is 2.53. The Balaban J connectivity index is 2.07. The van der Waals surface area contributed by atoms with Crippen LogP contribution in [0.15, 0.2) is 48.5 Å². The van der Waals surface area contributed by atoms with Gasteiger partial charge in [-0.1, -0.05) is 54.1 Å². The van der Waals surface area contributed by atoms with Crippen molar-refractivity contribution in [3.05, 3.63) is 59.1 Å². The van der Waals surface area contributed by atoms with Crippen molar-refractivity contribution in [1.82, 2.24) is 0 Å². The van der Waals surface area contributed by atoms with Crippen molar-refractivity contribution in [2.75, 3.05) is 6.61 Å². The molecule has 0 radical (unpaired) electrons. The molecule has 2 nitrogen and oxygen atoms in total. The molecular weight excluding hydrogens is 319 g/mol. The number of hydrogen-bond donors (Lipinski definition) is 0. The minimum absolute atomic E-state index is 0.222. The third kappa shape index (κ3) is 4.49. The molecule has 0 amide bonds. The summed E-state index contributed by atoms with van der Waals surface area (Å²) >= 11 is 12.7. The third-order valence-electron chi connectivity index (χ3n) is 3.35. The number of benzene rings is 2. The molecule has 0 heterocycles. The lowest BCUT2D eigenvalue weighted by molar-refractivity contribution is -0.143. The van der Waals surface area contributed by atoms with Gasteiger partial charge in [0.15, 0.2) is 0 Å². The second-order valence-corrected chi connectivity index (χ2v) is 5.85. The van der Waals surface area contributed by atoms with Crippen LogP contribution in [0.5, 0.6) is 0 Å². The largest absolute Gasteiger partial charge is 0.466 e. The highest BCUT2D eigenvalue weighted by molar-refractivity contribution is 6.33. The van der Waals surface area contributed by atoms with Gasteiger partial charge in [0.1, 0.15) is 0 Å². The van der Waals surface area contributed by atoms with Gasteiger partial charge in [0.05, 0.1) is 12.0 Å². The van der Waals surface area contributed by atoms with E-state index >= 15 is 0 Å². The van der Waals surface area contributed by atoms with E-state index in [4.69, 9.17) is 27.9 Å². The maximum Gasteiger partial charge on any atom is 0.305 e. The first-order valence-electron chi connectivity index (χ1n) is 7.26. The van der Waals surface area contributed by atoms with Crippen LogP contribution in [0.3, 0.4) is 0 Å². The van der Waals surface area contributed by atoms with E-state index in [-0.39, 0.29) is 11.3 Å². The van der Waals surface area contributed by atoms with Crippen molar-refractivity contribution in [3.8, 4) is 11.1 Å². The second kappa shape index (κ2) is 8.21. The zero-order valence-electron chi connectivity index (χ0n) is 12.4. The van der Waals surface area contributed by atoms with E-state index in [1.165, 1.54) is 0 Å². The van der Waals surface area contributed by atoms with Gasteiger partial charge < -0.3 is 4.74 Å². The van der Waals surface area contributed by atoms with Gasteiger partial charge in [0, 0.05) is 17.0 Å². The van der Waals surface area contributed by atoms with E-state index in [1.54, 1.807) is 6.92 Å². The monoisotopic (exact) mass is 336 g/mol. The lowest BCUT2D eigenvalue weighted by Crippen LogP contribution is -2.05. The number of alkyl halides is 1. The maximum atomic E-state index is 11.4. The Morgan fingerprint density at radius 2 is 1.91 bits per heavy atom. The van der Waals surface area contributed by atoms with Gasteiger partial charge in [-0.25, -0.2) is 0 Å². The Hall–Kier alpha value is -1.51. The van der Waals surface area contributed by atoms with Crippen molar-refractivity contribution in [2.45, 2.75) is 25.1 Å². The molecule has 0 spiro atoms. The molecule has 0 saturated carbocycles. The van der Waals surface area contributed by atoms with E-state index in [0.29, 0.717) is 24.5 Å². The van der Waals surface area contributed by atoms with Gasteiger partial charge in [-0.2, -0.15) is 0 Å². The molecule has 1 unspecified atom stereocenters. The van der Waals surface area contributed by atoms with E-state index in [9.17, 15) is 4.79 Å². The fourth-order valence-corrected chi connectivity index (χ4v) is 2.77. The first-order valence-corrected chi connectivity index (χ1v) is 8.07. The molecule has 0 fully saturated rings. The summed E-state index contributed by atoms with van der Waals surface area (Å²) in [5.41, 5.74) is 2.95. The number of ether oxygens (including phenoxy) is 1. The average molecular weight is 337 g/mol. The lowest BCUT2D eigenvalue weighted by Gasteiger charge is -2.12. The molecule has 116 valence electrons. The molecule has 2 aromatic rings. The summed E-state index contributed by atoms with van der Waals surface area (Å²) in [6.45, 7) is 2.18. The number of rotatable bonds is 6. The quantitative estimate of drug-likeness (QED) is 0.504. The highest BCUT2D eigenvalue weighted by atomic mass is 35.5. The Kier molecular flexibility index (Phi) is 6.29. The zero-order valence-corrected chi connectivity index (χ0v) is 13.9. The van der Waals surface area contributed by atoms with E-state index in [0.717, 1.165) is 16.7 Å². The molecule has 0 aromatic heterocycles. The van der Waals surface area contributed by atoms with Crippen LogP contribution in [0, 0.1) is 0 Å². The van der Waals surface area contributed by atoms with Crippen LogP contribution in [-0.2, 0) is 9.53 Å². The Morgan fingerprint density at radius 3 is 2.55 bits per heavy atom. The Bertz CT molecular complexity index is 626. The fourth-order valence-electron chi connectivity index (χ4n) is 2.22. The summed E-state index contributed by atoms with van der Waals surface area (Å²) < 4.78 is 4.91. The van der Waals surface area contributed by atoms with Crippen LogP contribution < -0.4 is 0 Å². The number of hydrogen-bond acceptors (Lipinski definition) is 2. The predicted molar refractivity (Wildman–Crippen MR) is 91.3 cm³/mol. The molecule has 0 bridgehead atoms. The number of carbonyl (C=O) groups is 1. The smallest absolute Gasteiger partial charge is 0.305 e. The molecule has 0 N–H and O–H groups in total. The maximum absolute atomic E-state index is 11.4. The van der Waals surface area contributed by atoms with Gasteiger partial charge in [-0.3, -0.25) is 4.79 Å². The SMILES string of the molecule is CCOC(=O)CCC(Cl)c1ccc(-c2ccccc2)c(Cl)c1. The molecule has 0 aliphatic carbocycles. The van der Waals surface area contributed by atoms with Crippen molar-refractivity contribution >= 4 is 29.2 Å².